The number of carbonyl (C=O) groups excluding carboxylic acids is 2. The Morgan fingerprint density at radius 1 is 1.12 bits per heavy atom. The highest BCUT2D eigenvalue weighted by Crippen LogP contribution is 2.22. The third-order valence-corrected chi connectivity index (χ3v) is 4.99. The minimum atomic E-state index is -0.502. The maximum Gasteiger partial charge on any atom is 0.248 e. The lowest BCUT2D eigenvalue weighted by atomic mass is 10.2. The van der Waals surface area contributed by atoms with E-state index in [0.29, 0.717) is 11.3 Å². The lowest BCUT2D eigenvalue weighted by Gasteiger charge is -2.08. The molecule has 0 bridgehead atoms. The van der Waals surface area contributed by atoms with Crippen molar-refractivity contribution < 1.29 is 9.59 Å². The fourth-order valence-corrected chi connectivity index (χ4v) is 3.28. The van der Waals surface area contributed by atoms with Gasteiger partial charge < -0.3 is 11.1 Å². The van der Waals surface area contributed by atoms with Gasteiger partial charge in [0.05, 0.1) is 5.75 Å². The molecule has 0 radical (unpaired) electrons. The van der Waals surface area contributed by atoms with Crippen LogP contribution in [0.15, 0.2) is 70.6 Å². The number of anilines is 1. The third kappa shape index (κ3) is 4.53. The van der Waals surface area contributed by atoms with E-state index >= 15 is 0 Å². The second-order valence-corrected chi connectivity index (χ2v) is 7.19. The van der Waals surface area contributed by atoms with Crippen LogP contribution in [0.1, 0.15) is 10.4 Å². The smallest absolute Gasteiger partial charge is 0.248 e. The first-order valence-electron chi connectivity index (χ1n) is 7.65. The maximum atomic E-state index is 12.2. The van der Waals surface area contributed by atoms with Crippen molar-refractivity contribution in [1.82, 2.24) is 9.55 Å². The summed E-state index contributed by atoms with van der Waals surface area (Å²) in [6.07, 6.45) is 3.55. The van der Waals surface area contributed by atoms with Crippen LogP contribution < -0.4 is 11.1 Å². The van der Waals surface area contributed by atoms with E-state index in [1.165, 1.54) is 11.8 Å². The quantitative estimate of drug-likeness (QED) is 0.585. The summed E-state index contributed by atoms with van der Waals surface area (Å²) < 4.78 is 2.92. The first kappa shape index (κ1) is 18.2. The molecule has 1 heterocycles. The van der Waals surface area contributed by atoms with Gasteiger partial charge in [-0.15, -0.1) is 0 Å². The van der Waals surface area contributed by atoms with Crippen LogP contribution in [-0.2, 0) is 4.79 Å². The Balaban J connectivity index is 1.61. The average Bonchev–Trinajstić information content (AvgIpc) is 3.09. The molecule has 3 rings (SSSR count). The predicted molar refractivity (Wildman–Crippen MR) is 106 cm³/mol. The molecule has 2 amide bonds. The summed E-state index contributed by atoms with van der Waals surface area (Å²) in [6, 6.07) is 14.3. The van der Waals surface area contributed by atoms with Gasteiger partial charge in [-0.05, 0) is 48.5 Å². The molecule has 0 unspecified atom stereocenters. The topological polar surface area (TPSA) is 90.0 Å². The van der Waals surface area contributed by atoms with Crippen molar-refractivity contribution in [3.8, 4) is 5.69 Å². The number of carbonyl (C=O) groups is 2. The number of nitrogens with two attached hydrogens (primary N) is 1. The summed E-state index contributed by atoms with van der Waals surface area (Å²) in [5.41, 5.74) is 7.17. The van der Waals surface area contributed by atoms with Crippen LogP contribution in [-0.4, -0.2) is 27.1 Å². The fraction of sp³-hybridized carbons (Fsp3) is 0.0556. The normalized spacial score (nSPS) is 10.5. The highest BCUT2D eigenvalue weighted by Gasteiger charge is 2.10. The van der Waals surface area contributed by atoms with Gasteiger partial charge in [-0.3, -0.25) is 14.2 Å². The molecule has 0 aliphatic carbocycles. The number of hydrogen-bond donors (Lipinski definition) is 2. The minimum Gasteiger partial charge on any atom is -0.366 e. The molecule has 0 aliphatic heterocycles. The highest BCUT2D eigenvalue weighted by molar-refractivity contribution is 9.10. The van der Waals surface area contributed by atoms with Gasteiger partial charge in [0.2, 0.25) is 11.8 Å². The van der Waals surface area contributed by atoms with Crippen LogP contribution in [0.4, 0.5) is 5.69 Å². The number of benzene rings is 2. The standard InChI is InChI=1S/C18H15BrN4O2S/c19-13-3-7-15(8-4-13)23-10-9-21-18(23)26-11-16(24)22-14-5-1-12(2-6-14)17(20)25/h1-10H,11H2,(H2,20,25)(H,22,24). The number of imidazole rings is 1. The first-order valence-corrected chi connectivity index (χ1v) is 9.42. The van der Waals surface area contributed by atoms with Crippen LogP contribution in [0.5, 0.6) is 0 Å². The summed E-state index contributed by atoms with van der Waals surface area (Å²) in [7, 11) is 0. The molecule has 0 fully saturated rings. The minimum absolute atomic E-state index is 0.160. The maximum absolute atomic E-state index is 12.2. The van der Waals surface area contributed by atoms with E-state index in [2.05, 4.69) is 26.2 Å². The molecule has 1 aromatic heterocycles. The van der Waals surface area contributed by atoms with Crippen molar-refractivity contribution in [2.75, 3.05) is 11.1 Å². The van der Waals surface area contributed by atoms with Crippen molar-refractivity contribution in [2.24, 2.45) is 5.73 Å². The number of rotatable bonds is 6. The van der Waals surface area contributed by atoms with E-state index in [1.807, 2.05) is 35.0 Å². The van der Waals surface area contributed by atoms with Crippen molar-refractivity contribution in [1.29, 1.82) is 0 Å². The second-order valence-electron chi connectivity index (χ2n) is 5.33. The molecule has 2 aromatic carbocycles. The van der Waals surface area contributed by atoms with Crippen molar-refractivity contribution in [3.05, 3.63) is 71.0 Å². The SMILES string of the molecule is NC(=O)c1ccc(NC(=O)CSc2nccn2-c2ccc(Br)cc2)cc1. The molecular formula is C18H15BrN4O2S. The number of halogens is 1. The lowest BCUT2D eigenvalue weighted by Crippen LogP contribution is -2.15. The Hall–Kier alpha value is -2.58. The van der Waals surface area contributed by atoms with Gasteiger partial charge in [0.1, 0.15) is 0 Å². The Morgan fingerprint density at radius 2 is 1.81 bits per heavy atom. The number of aromatic nitrogens is 2. The molecule has 3 aromatic rings. The Kier molecular flexibility index (Phi) is 5.75. The fourth-order valence-electron chi connectivity index (χ4n) is 2.24. The molecular weight excluding hydrogens is 416 g/mol. The number of primary amides is 1. The van der Waals surface area contributed by atoms with Crippen LogP contribution in [0.2, 0.25) is 0 Å². The monoisotopic (exact) mass is 430 g/mol. The summed E-state index contributed by atoms with van der Waals surface area (Å²) >= 11 is 4.75. The van der Waals surface area contributed by atoms with Crippen molar-refractivity contribution in [2.45, 2.75) is 5.16 Å². The van der Waals surface area contributed by atoms with Gasteiger partial charge in [0, 0.05) is 33.8 Å². The van der Waals surface area contributed by atoms with Gasteiger partial charge in [-0.1, -0.05) is 27.7 Å². The highest BCUT2D eigenvalue weighted by atomic mass is 79.9. The summed E-state index contributed by atoms with van der Waals surface area (Å²) in [6.45, 7) is 0. The summed E-state index contributed by atoms with van der Waals surface area (Å²) in [5, 5.41) is 3.51. The van der Waals surface area contributed by atoms with E-state index in [1.54, 1.807) is 30.5 Å². The van der Waals surface area contributed by atoms with Gasteiger partial charge in [0.15, 0.2) is 5.16 Å². The van der Waals surface area contributed by atoms with Gasteiger partial charge in [0.25, 0.3) is 0 Å². The molecule has 132 valence electrons. The van der Waals surface area contributed by atoms with E-state index in [-0.39, 0.29) is 11.7 Å². The van der Waals surface area contributed by atoms with Crippen LogP contribution in [0.3, 0.4) is 0 Å². The molecule has 0 saturated heterocycles. The van der Waals surface area contributed by atoms with Crippen LogP contribution in [0, 0.1) is 0 Å². The lowest BCUT2D eigenvalue weighted by molar-refractivity contribution is -0.113. The Morgan fingerprint density at radius 3 is 2.46 bits per heavy atom. The molecule has 0 aliphatic rings. The molecule has 26 heavy (non-hydrogen) atoms. The van der Waals surface area contributed by atoms with Crippen LogP contribution >= 0.6 is 27.7 Å². The zero-order chi connectivity index (χ0) is 18.5. The molecule has 0 saturated carbocycles. The van der Waals surface area contributed by atoms with Crippen LogP contribution in [0.25, 0.3) is 5.69 Å². The summed E-state index contributed by atoms with van der Waals surface area (Å²) in [4.78, 5) is 27.5. The van der Waals surface area contributed by atoms with Gasteiger partial charge in [-0.25, -0.2) is 4.98 Å². The van der Waals surface area contributed by atoms with Crippen molar-refractivity contribution >= 4 is 45.2 Å². The van der Waals surface area contributed by atoms with Gasteiger partial charge >= 0.3 is 0 Å². The largest absolute Gasteiger partial charge is 0.366 e. The number of nitrogens with zero attached hydrogens (tertiary/aromatic N) is 2. The second kappa shape index (κ2) is 8.20. The number of nitrogens with one attached hydrogen (secondary N) is 1. The van der Waals surface area contributed by atoms with E-state index in [0.717, 1.165) is 15.3 Å². The number of thioether (sulfide) groups is 1. The molecule has 0 atom stereocenters. The predicted octanol–water partition coefficient (Wildman–Crippen LogP) is 3.46. The van der Waals surface area contributed by atoms with E-state index < -0.39 is 5.91 Å². The van der Waals surface area contributed by atoms with Crippen molar-refractivity contribution in [3.63, 3.8) is 0 Å². The molecule has 6 nitrogen and oxygen atoms in total. The molecule has 3 N–H and O–H groups in total. The Labute approximate surface area is 162 Å². The zero-order valence-corrected chi connectivity index (χ0v) is 16.0. The van der Waals surface area contributed by atoms with E-state index in [9.17, 15) is 9.59 Å². The summed E-state index contributed by atoms with van der Waals surface area (Å²) in [5.74, 6) is -0.448. The third-order valence-electron chi connectivity index (χ3n) is 3.50. The Bertz CT molecular complexity index is 923. The van der Waals surface area contributed by atoms with Gasteiger partial charge in [-0.2, -0.15) is 0 Å². The molecule has 8 heteroatoms. The number of hydrogen-bond acceptors (Lipinski definition) is 4. The first-order chi connectivity index (χ1) is 12.5. The average molecular weight is 431 g/mol. The zero-order valence-electron chi connectivity index (χ0n) is 13.6. The molecule has 0 spiro atoms. The van der Waals surface area contributed by atoms with E-state index in [4.69, 9.17) is 5.73 Å². The number of amides is 2.